The molecule has 0 saturated heterocycles. The summed E-state index contributed by atoms with van der Waals surface area (Å²) in [5.41, 5.74) is 5.74. The van der Waals surface area contributed by atoms with Crippen molar-refractivity contribution in [3.63, 3.8) is 0 Å². The number of nitrogens with zero attached hydrogens (tertiary/aromatic N) is 2. The van der Waals surface area contributed by atoms with Crippen molar-refractivity contribution < 1.29 is 14.5 Å². The SMILES string of the molecule is O=C(Nc1ccc([N+](=O)[O-])cc1)Nc1ccc(N2CCc3ccccc3C2)c(C(=O)NCCc2ccccc2)c1. The van der Waals surface area contributed by atoms with E-state index in [4.69, 9.17) is 0 Å². The first kappa shape index (κ1) is 26.4. The van der Waals surface area contributed by atoms with E-state index in [1.54, 1.807) is 12.1 Å². The topological polar surface area (TPSA) is 117 Å². The van der Waals surface area contributed by atoms with Crippen molar-refractivity contribution >= 4 is 34.7 Å². The Hall–Kier alpha value is -5.18. The molecule has 0 radical (unpaired) electrons. The summed E-state index contributed by atoms with van der Waals surface area (Å²) in [5, 5.41) is 19.3. The number of urea groups is 1. The second-order valence-electron chi connectivity index (χ2n) is 9.55. The Morgan fingerprint density at radius 3 is 2.25 bits per heavy atom. The maximum absolute atomic E-state index is 13.4. The van der Waals surface area contributed by atoms with Crippen molar-refractivity contribution in [1.29, 1.82) is 0 Å². The molecule has 0 saturated carbocycles. The fourth-order valence-corrected chi connectivity index (χ4v) is 4.79. The van der Waals surface area contributed by atoms with E-state index in [-0.39, 0.29) is 11.6 Å². The molecule has 1 aliphatic heterocycles. The van der Waals surface area contributed by atoms with Crippen LogP contribution in [-0.4, -0.2) is 30.0 Å². The summed E-state index contributed by atoms with van der Waals surface area (Å²) >= 11 is 0. The Labute approximate surface area is 232 Å². The summed E-state index contributed by atoms with van der Waals surface area (Å²) in [6.07, 6.45) is 1.58. The van der Waals surface area contributed by atoms with Crippen LogP contribution in [0.4, 0.5) is 27.5 Å². The minimum Gasteiger partial charge on any atom is -0.366 e. The number of anilines is 3. The van der Waals surface area contributed by atoms with E-state index in [0.717, 1.165) is 24.2 Å². The van der Waals surface area contributed by atoms with Crippen LogP contribution in [0.25, 0.3) is 0 Å². The van der Waals surface area contributed by atoms with Gasteiger partial charge in [-0.05, 0) is 59.9 Å². The summed E-state index contributed by atoms with van der Waals surface area (Å²) < 4.78 is 0. The number of nitro benzene ring substituents is 1. The highest BCUT2D eigenvalue weighted by atomic mass is 16.6. The normalized spacial score (nSPS) is 12.2. The average Bonchev–Trinajstić information content (AvgIpc) is 2.97. The zero-order chi connectivity index (χ0) is 27.9. The van der Waals surface area contributed by atoms with Gasteiger partial charge < -0.3 is 20.9 Å². The largest absolute Gasteiger partial charge is 0.366 e. The summed E-state index contributed by atoms with van der Waals surface area (Å²) in [6, 6.07) is 28.6. The van der Waals surface area contributed by atoms with Crippen LogP contribution in [0.5, 0.6) is 0 Å². The number of non-ortho nitro benzene ring substituents is 1. The molecule has 1 heterocycles. The zero-order valence-electron chi connectivity index (χ0n) is 21.8. The Kier molecular flexibility index (Phi) is 8.01. The molecule has 3 N–H and O–H groups in total. The molecule has 202 valence electrons. The highest BCUT2D eigenvalue weighted by molar-refractivity contribution is 6.04. The molecule has 1 aliphatic rings. The number of hydrogen-bond donors (Lipinski definition) is 3. The number of benzene rings is 4. The van der Waals surface area contributed by atoms with Gasteiger partial charge >= 0.3 is 6.03 Å². The molecule has 0 unspecified atom stereocenters. The van der Waals surface area contributed by atoms with Crippen molar-refractivity contribution in [3.05, 3.63) is 129 Å². The molecule has 4 aromatic carbocycles. The quantitative estimate of drug-likeness (QED) is 0.196. The lowest BCUT2D eigenvalue weighted by Crippen LogP contribution is -2.33. The molecule has 0 bridgehead atoms. The molecular formula is C31H29N5O4. The van der Waals surface area contributed by atoms with Crippen LogP contribution in [0.2, 0.25) is 0 Å². The third kappa shape index (κ3) is 6.44. The van der Waals surface area contributed by atoms with Gasteiger partial charge in [-0.3, -0.25) is 14.9 Å². The van der Waals surface area contributed by atoms with E-state index >= 15 is 0 Å². The van der Waals surface area contributed by atoms with E-state index in [2.05, 4.69) is 33.0 Å². The van der Waals surface area contributed by atoms with Crippen LogP contribution in [0.3, 0.4) is 0 Å². The summed E-state index contributed by atoms with van der Waals surface area (Å²) in [5.74, 6) is -0.218. The second kappa shape index (κ2) is 12.1. The van der Waals surface area contributed by atoms with Gasteiger partial charge in [-0.25, -0.2) is 4.79 Å². The van der Waals surface area contributed by atoms with Gasteiger partial charge in [-0.2, -0.15) is 0 Å². The molecule has 0 aliphatic carbocycles. The number of carbonyl (C=O) groups excluding carboxylic acids is 2. The maximum Gasteiger partial charge on any atom is 0.323 e. The first-order valence-electron chi connectivity index (χ1n) is 13.1. The van der Waals surface area contributed by atoms with E-state index in [1.165, 1.54) is 35.4 Å². The fourth-order valence-electron chi connectivity index (χ4n) is 4.79. The monoisotopic (exact) mass is 535 g/mol. The summed E-state index contributed by atoms with van der Waals surface area (Å²) in [6.45, 7) is 1.94. The standard InChI is InChI=1S/C31H29N5O4/c37-30(32-18-16-22-6-2-1-3-7-22)28-20-26(34-31(38)33-25-10-13-27(14-11-25)36(39)40)12-15-29(28)35-19-17-23-8-4-5-9-24(23)21-35/h1-15,20H,16-19,21H2,(H,32,37)(H2,33,34,38). The Morgan fingerprint density at radius 2 is 1.50 bits per heavy atom. The van der Waals surface area contributed by atoms with Gasteiger partial charge in [0.05, 0.1) is 10.5 Å². The number of fused-ring (bicyclic) bond motifs is 1. The predicted molar refractivity (Wildman–Crippen MR) is 156 cm³/mol. The third-order valence-corrected chi connectivity index (χ3v) is 6.85. The first-order chi connectivity index (χ1) is 19.5. The van der Waals surface area contributed by atoms with Crippen LogP contribution in [0.15, 0.2) is 97.1 Å². The second-order valence-corrected chi connectivity index (χ2v) is 9.55. The highest BCUT2D eigenvalue weighted by Gasteiger charge is 2.22. The molecule has 5 rings (SSSR count). The van der Waals surface area contributed by atoms with Crippen molar-refractivity contribution in [3.8, 4) is 0 Å². The minimum absolute atomic E-state index is 0.0650. The van der Waals surface area contributed by atoms with Crippen molar-refractivity contribution in [2.45, 2.75) is 19.4 Å². The summed E-state index contributed by atoms with van der Waals surface area (Å²) in [4.78, 5) is 38.7. The smallest absolute Gasteiger partial charge is 0.323 e. The molecule has 0 fully saturated rings. The molecule has 0 spiro atoms. The molecule has 0 aromatic heterocycles. The van der Waals surface area contributed by atoms with Gasteiger partial charge in [-0.1, -0.05) is 54.6 Å². The number of rotatable bonds is 8. The number of nitrogens with one attached hydrogen (secondary N) is 3. The Balaban J connectivity index is 1.33. The zero-order valence-corrected chi connectivity index (χ0v) is 21.8. The van der Waals surface area contributed by atoms with Crippen LogP contribution in [-0.2, 0) is 19.4 Å². The van der Waals surface area contributed by atoms with E-state index in [1.807, 2.05) is 48.5 Å². The van der Waals surface area contributed by atoms with Crippen LogP contribution in [0.1, 0.15) is 27.0 Å². The Morgan fingerprint density at radius 1 is 0.825 bits per heavy atom. The van der Waals surface area contributed by atoms with Crippen molar-refractivity contribution in [2.75, 3.05) is 28.6 Å². The maximum atomic E-state index is 13.4. The molecule has 9 heteroatoms. The van der Waals surface area contributed by atoms with Crippen molar-refractivity contribution in [2.24, 2.45) is 0 Å². The van der Waals surface area contributed by atoms with Crippen LogP contribution >= 0.6 is 0 Å². The molecule has 4 aromatic rings. The van der Waals surface area contributed by atoms with Crippen molar-refractivity contribution in [1.82, 2.24) is 5.32 Å². The lowest BCUT2D eigenvalue weighted by atomic mass is 9.98. The molecule has 3 amide bonds. The van der Waals surface area contributed by atoms with Crippen LogP contribution in [0, 0.1) is 10.1 Å². The first-order valence-corrected chi connectivity index (χ1v) is 13.1. The van der Waals surface area contributed by atoms with Gasteiger partial charge in [0.1, 0.15) is 0 Å². The van der Waals surface area contributed by atoms with Gasteiger partial charge in [-0.15, -0.1) is 0 Å². The number of hydrogen-bond acceptors (Lipinski definition) is 5. The summed E-state index contributed by atoms with van der Waals surface area (Å²) in [7, 11) is 0. The van der Waals surface area contributed by atoms with E-state index in [0.29, 0.717) is 36.4 Å². The van der Waals surface area contributed by atoms with Crippen LogP contribution < -0.4 is 20.9 Å². The van der Waals surface area contributed by atoms with Gasteiger partial charge in [0.25, 0.3) is 11.6 Å². The lowest BCUT2D eigenvalue weighted by molar-refractivity contribution is -0.384. The molecule has 40 heavy (non-hydrogen) atoms. The lowest BCUT2D eigenvalue weighted by Gasteiger charge is -2.32. The number of carbonyl (C=O) groups is 2. The molecular weight excluding hydrogens is 506 g/mol. The molecule has 0 atom stereocenters. The van der Waals surface area contributed by atoms with Gasteiger partial charge in [0.2, 0.25) is 0 Å². The van der Waals surface area contributed by atoms with Gasteiger partial charge in [0, 0.05) is 48.8 Å². The third-order valence-electron chi connectivity index (χ3n) is 6.85. The average molecular weight is 536 g/mol. The van der Waals surface area contributed by atoms with Gasteiger partial charge in [0.15, 0.2) is 0 Å². The molecule has 9 nitrogen and oxygen atoms in total. The minimum atomic E-state index is -0.524. The fraction of sp³-hybridized carbons (Fsp3) is 0.161. The number of amides is 3. The van der Waals surface area contributed by atoms with E-state index in [9.17, 15) is 19.7 Å². The number of nitro groups is 1. The Bertz CT molecular complexity index is 1520. The highest BCUT2D eigenvalue weighted by Crippen LogP contribution is 2.30. The predicted octanol–water partition coefficient (Wildman–Crippen LogP) is 5.77. The van der Waals surface area contributed by atoms with E-state index < -0.39 is 11.0 Å².